The Labute approximate surface area is 129 Å². The summed E-state index contributed by atoms with van der Waals surface area (Å²) < 4.78 is 0.221. The first-order chi connectivity index (χ1) is 9.32. The molecule has 1 aromatic heterocycles. The zero-order valence-electron chi connectivity index (χ0n) is 11.8. The molecule has 2 atom stereocenters. The Bertz CT molecular complexity index is 551. The number of carbonyl (C=O) groups excluding carboxylic acids is 1. The van der Waals surface area contributed by atoms with E-state index in [1.54, 1.807) is 12.3 Å². The lowest BCUT2D eigenvalue weighted by molar-refractivity contribution is -0.123. The van der Waals surface area contributed by atoms with Gasteiger partial charge in [0.2, 0.25) is 5.91 Å². The molecule has 20 heavy (non-hydrogen) atoms. The molecule has 1 N–H and O–H groups in total. The quantitative estimate of drug-likeness (QED) is 0.923. The third kappa shape index (κ3) is 3.33. The average Bonchev–Trinajstić information content (AvgIpc) is 2.87. The van der Waals surface area contributed by atoms with Crippen LogP contribution in [0, 0.1) is 24.2 Å². The standard InChI is InChI=1S/C15H18Cl2N2O/c1-9-4-5-18-10(6-9)8-19-14(20)13-11(7-12(16)17)15(13,2)3/h4-7,11,13H,8H2,1-3H3,(H,19,20). The fraction of sp³-hybridized carbons (Fsp3) is 0.467. The van der Waals surface area contributed by atoms with E-state index in [9.17, 15) is 4.79 Å². The first-order valence-corrected chi connectivity index (χ1v) is 7.30. The lowest BCUT2D eigenvalue weighted by Crippen LogP contribution is -2.26. The molecule has 0 saturated heterocycles. The average molecular weight is 313 g/mol. The van der Waals surface area contributed by atoms with E-state index in [2.05, 4.69) is 10.3 Å². The van der Waals surface area contributed by atoms with Gasteiger partial charge in [0.15, 0.2) is 0 Å². The lowest BCUT2D eigenvalue weighted by atomic mass is 10.1. The molecule has 1 fully saturated rings. The van der Waals surface area contributed by atoms with Crippen LogP contribution >= 0.6 is 23.2 Å². The highest BCUT2D eigenvalue weighted by molar-refractivity contribution is 6.55. The Morgan fingerprint density at radius 3 is 2.80 bits per heavy atom. The van der Waals surface area contributed by atoms with Gasteiger partial charge in [-0.25, -0.2) is 0 Å². The number of nitrogens with zero attached hydrogens (tertiary/aromatic N) is 1. The number of aryl methyl sites for hydroxylation is 1. The van der Waals surface area contributed by atoms with E-state index in [1.165, 1.54) is 0 Å². The Morgan fingerprint density at radius 1 is 1.50 bits per heavy atom. The summed E-state index contributed by atoms with van der Waals surface area (Å²) in [7, 11) is 0. The highest BCUT2D eigenvalue weighted by atomic mass is 35.5. The van der Waals surface area contributed by atoms with Gasteiger partial charge >= 0.3 is 0 Å². The summed E-state index contributed by atoms with van der Waals surface area (Å²) in [4.78, 5) is 16.4. The third-order valence-corrected chi connectivity index (χ3v) is 4.17. The summed E-state index contributed by atoms with van der Waals surface area (Å²) in [6, 6.07) is 3.89. The number of rotatable bonds is 4. The van der Waals surface area contributed by atoms with Crippen molar-refractivity contribution in [1.29, 1.82) is 0 Å². The van der Waals surface area contributed by atoms with Crippen LogP contribution in [0.3, 0.4) is 0 Å². The van der Waals surface area contributed by atoms with E-state index >= 15 is 0 Å². The molecule has 0 aliphatic heterocycles. The van der Waals surface area contributed by atoms with Gasteiger partial charge in [0.05, 0.1) is 18.2 Å². The lowest BCUT2D eigenvalue weighted by Gasteiger charge is -2.06. The van der Waals surface area contributed by atoms with Crippen molar-refractivity contribution < 1.29 is 4.79 Å². The van der Waals surface area contributed by atoms with Crippen LogP contribution in [-0.2, 0) is 11.3 Å². The van der Waals surface area contributed by atoms with Crippen LogP contribution in [-0.4, -0.2) is 10.9 Å². The van der Waals surface area contributed by atoms with Crippen molar-refractivity contribution in [3.8, 4) is 0 Å². The van der Waals surface area contributed by atoms with E-state index in [4.69, 9.17) is 23.2 Å². The maximum Gasteiger partial charge on any atom is 0.224 e. The molecule has 2 rings (SSSR count). The molecule has 1 aromatic rings. The molecule has 3 nitrogen and oxygen atoms in total. The molecular weight excluding hydrogens is 295 g/mol. The van der Waals surface area contributed by atoms with Gasteiger partial charge in [-0.05, 0) is 42.0 Å². The Kier molecular flexibility index (Phi) is 4.40. The molecule has 5 heteroatoms. The molecule has 0 radical (unpaired) electrons. The van der Waals surface area contributed by atoms with Crippen molar-refractivity contribution >= 4 is 29.1 Å². The molecule has 1 saturated carbocycles. The molecule has 1 amide bonds. The summed E-state index contributed by atoms with van der Waals surface area (Å²) in [5.74, 6) is 0.0342. The predicted octanol–water partition coefficient (Wildman–Crippen LogP) is 3.60. The largest absolute Gasteiger partial charge is 0.350 e. The number of carbonyl (C=O) groups is 1. The van der Waals surface area contributed by atoms with Crippen LogP contribution in [0.25, 0.3) is 0 Å². The van der Waals surface area contributed by atoms with Crippen molar-refractivity contribution in [2.45, 2.75) is 27.3 Å². The number of halogens is 2. The van der Waals surface area contributed by atoms with Gasteiger partial charge in [-0.15, -0.1) is 0 Å². The predicted molar refractivity (Wildman–Crippen MR) is 81.4 cm³/mol. The number of hydrogen-bond acceptors (Lipinski definition) is 2. The molecule has 0 bridgehead atoms. The summed E-state index contributed by atoms with van der Waals surface area (Å²) in [5.41, 5.74) is 1.89. The van der Waals surface area contributed by atoms with E-state index in [1.807, 2.05) is 32.9 Å². The number of allylic oxidation sites excluding steroid dienone is 1. The van der Waals surface area contributed by atoms with Gasteiger partial charge in [-0.1, -0.05) is 37.0 Å². The van der Waals surface area contributed by atoms with Crippen LogP contribution in [0.4, 0.5) is 0 Å². The SMILES string of the molecule is Cc1ccnc(CNC(=O)C2C(C=C(Cl)Cl)C2(C)C)c1. The molecular formula is C15H18Cl2N2O. The van der Waals surface area contributed by atoms with Crippen LogP contribution in [0.1, 0.15) is 25.1 Å². The van der Waals surface area contributed by atoms with Crippen molar-refractivity contribution in [2.75, 3.05) is 0 Å². The number of nitrogens with one attached hydrogen (secondary N) is 1. The summed E-state index contributed by atoms with van der Waals surface area (Å²) in [6.07, 6.45) is 3.50. The van der Waals surface area contributed by atoms with Gasteiger partial charge in [-0.3, -0.25) is 9.78 Å². The number of aromatic nitrogens is 1. The molecule has 1 aliphatic rings. The van der Waals surface area contributed by atoms with Crippen LogP contribution in [0.5, 0.6) is 0 Å². The second-order valence-corrected chi connectivity index (χ2v) is 6.83. The summed E-state index contributed by atoms with van der Waals surface area (Å²) in [5, 5.41) is 2.93. The third-order valence-electron chi connectivity index (χ3n) is 3.91. The Morgan fingerprint density at radius 2 is 2.20 bits per heavy atom. The first-order valence-electron chi connectivity index (χ1n) is 6.54. The van der Waals surface area contributed by atoms with E-state index in [0.29, 0.717) is 6.54 Å². The fourth-order valence-electron chi connectivity index (χ4n) is 2.61. The maximum atomic E-state index is 12.2. The first kappa shape index (κ1) is 15.3. The number of hydrogen-bond donors (Lipinski definition) is 1. The minimum absolute atomic E-state index is 0.0224. The molecule has 1 heterocycles. The van der Waals surface area contributed by atoms with Crippen molar-refractivity contribution in [2.24, 2.45) is 17.3 Å². The zero-order valence-corrected chi connectivity index (χ0v) is 13.3. The second-order valence-electron chi connectivity index (χ2n) is 5.82. The zero-order chi connectivity index (χ0) is 14.9. The van der Waals surface area contributed by atoms with Gasteiger partial charge < -0.3 is 5.32 Å². The Balaban J connectivity index is 1.95. The molecule has 108 valence electrons. The van der Waals surface area contributed by atoms with E-state index in [-0.39, 0.29) is 27.6 Å². The highest BCUT2D eigenvalue weighted by Crippen LogP contribution is 2.59. The molecule has 2 unspecified atom stereocenters. The minimum Gasteiger partial charge on any atom is -0.350 e. The second kappa shape index (κ2) is 5.74. The summed E-state index contributed by atoms with van der Waals surface area (Å²) in [6.45, 7) is 6.53. The van der Waals surface area contributed by atoms with E-state index < -0.39 is 0 Å². The van der Waals surface area contributed by atoms with Crippen LogP contribution < -0.4 is 5.32 Å². The molecule has 0 spiro atoms. The van der Waals surface area contributed by atoms with Crippen LogP contribution in [0.2, 0.25) is 0 Å². The fourth-order valence-corrected chi connectivity index (χ4v) is 2.88. The van der Waals surface area contributed by atoms with Crippen molar-refractivity contribution in [1.82, 2.24) is 10.3 Å². The van der Waals surface area contributed by atoms with Crippen molar-refractivity contribution in [3.63, 3.8) is 0 Å². The monoisotopic (exact) mass is 312 g/mol. The maximum absolute atomic E-state index is 12.2. The van der Waals surface area contributed by atoms with Gasteiger partial charge in [0.1, 0.15) is 4.49 Å². The minimum atomic E-state index is -0.0981. The highest BCUT2D eigenvalue weighted by Gasteiger charge is 2.60. The Hall–Kier alpha value is -1.06. The van der Waals surface area contributed by atoms with E-state index in [0.717, 1.165) is 11.3 Å². The van der Waals surface area contributed by atoms with Crippen LogP contribution in [0.15, 0.2) is 28.9 Å². The number of amides is 1. The van der Waals surface area contributed by atoms with Gasteiger partial charge in [-0.2, -0.15) is 0 Å². The number of pyridine rings is 1. The van der Waals surface area contributed by atoms with Crippen molar-refractivity contribution in [3.05, 3.63) is 40.2 Å². The van der Waals surface area contributed by atoms with Gasteiger partial charge in [0.25, 0.3) is 0 Å². The smallest absolute Gasteiger partial charge is 0.224 e. The topological polar surface area (TPSA) is 42.0 Å². The summed E-state index contributed by atoms with van der Waals surface area (Å²) >= 11 is 11.4. The van der Waals surface area contributed by atoms with Gasteiger partial charge in [0, 0.05) is 6.20 Å². The molecule has 1 aliphatic carbocycles. The normalized spacial score (nSPS) is 23.1. The molecule has 0 aromatic carbocycles.